The van der Waals surface area contributed by atoms with Gasteiger partial charge in [0.15, 0.2) is 0 Å². The Morgan fingerprint density at radius 2 is 1.91 bits per heavy atom. The number of hydrogen-bond donors (Lipinski definition) is 0. The van der Waals surface area contributed by atoms with Gasteiger partial charge in [-0.3, -0.25) is 9.88 Å². The lowest BCUT2D eigenvalue weighted by molar-refractivity contribution is 0.105. The molecule has 0 aliphatic carbocycles. The van der Waals surface area contributed by atoms with Gasteiger partial charge in [-0.2, -0.15) is 0 Å². The molecule has 2 aromatic carbocycles. The highest BCUT2D eigenvalue weighted by Crippen LogP contribution is 2.31. The summed E-state index contributed by atoms with van der Waals surface area (Å²) in [6.45, 7) is 7.69. The van der Waals surface area contributed by atoms with Crippen molar-refractivity contribution in [2.45, 2.75) is 33.2 Å². The summed E-state index contributed by atoms with van der Waals surface area (Å²) in [7, 11) is 0. The maximum atomic E-state index is 6.11. The molecule has 5 rings (SSSR count). The fourth-order valence-corrected chi connectivity index (χ4v) is 4.52. The number of fused-ring (bicyclic) bond motifs is 1. The molecule has 0 bridgehead atoms. The van der Waals surface area contributed by atoms with Crippen LogP contribution in [0.2, 0.25) is 0 Å². The third-order valence-electron chi connectivity index (χ3n) is 6.02. The molecule has 0 spiro atoms. The molecular formula is C27H28N4O. The van der Waals surface area contributed by atoms with Crippen molar-refractivity contribution in [3.63, 3.8) is 0 Å². The van der Waals surface area contributed by atoms with Crippen molar-refractivity contribution in [2.75, 3.05) is 13.1 Å². The lowest BCUT2D eigenvalue weighted by atomic mass is 9.99. The molecule has 5 nitrogen and oxygen atoms in total. The zero-order chi connectivity index (χ0) is 21.9. The molecule has 1 aliphatic rings. The Hall–Kier alpha value is -3.31. The standard InChI is InChI=1S/C27H28N4O/c1-3-8-21(20-9-5-4-6-10-20)15-25-29-30-27(32-25)24-13-12-22(18-31-16-19(2)17-31)26-23(24)11-7-14-28-26/h4-7,9-15,19H,3,8,16-18H2,1-2H3/b21-15+. The molecule has 1 saturated heterocycles. The van der Waals surface area contributed by atoms with Crippen molar-refractivity contribution < 1.29 is 4.42 Å². The number of rotatable bonds is 7. The Morgan fingerprint density at radius 3 is 2.69 bits per heavy atom. The van der Waals surface area contributed by atoms with Gasteiger partial charge in [-0.15, -0.1) is 10.2 Å². The van der Waals surface area contributed by atoms with E-state index in [1.165, 1.54) is 16.7 Å². The highest BCUT2D eigenvalue weighted by atomic mass is 16.4. The fourth-order valence-electron chi connectivity index (χ4n) is 4.52. The second-order valence-corrected chi connectivity index (χ2v) is 8.70. The number of hydrogen-bond acceptors (Lipinski definition) is 5. The van der Waals surface area contributed by atoms with Crippen LogP contribution in [0.25, 0.3) is 34.0 Å². The topological polar surface area (TPSA) is 55.1 Å². The summed E-state index contributed by atoms with van der Waals surface area (Å²) in [5.74, 6) is 1.84. The predicted molar refractivity (Wildman–Crippen MR) is 129 cm³/mol. The van der Waals surface area contributed by atoms with Gasteiger partial charge in [0.2, 0.25) is 11.8 Å². The van der Waals surface area contributed by atoms with Crippen LogP contribution >= 0.6 is 0 Å². The van der Waals surface area contributed by atoms with Crippen molar-refractivity contribution in [3.8, 4) is 11.5 Å². The van der Waals surface area contributed by atoms with Crippen molar-refractivity contribution in [2.24, 2.45) is 5.92 Å². The summed E-state index contributed by atoms with van der Waals surface area (Å²) < 4.78 is 6.11. The molecule has 4 aromatic rings. The van der Waals surface area contributed by atoms with Gasteiger partial charge in [0.1, 0.15) is 0 Å². The minimum atomic E-state index is 0.530. The summed E-state index contributed by atoms with van der Waals surface area (Å²) in [5.41, 5.74) is 5.57. The smallest absolute Gasteiger partial charge is 0.248 e. The number of likely N-dealkylation sites (tertiary alicyclic amines) is 1. The van der Waals surface area contributed by atoms with Gasteiger partial charge in [-0.25, -0.2) is 0 Å². The van der Waals surface area contributed by atoms with E-state index in [1.807, 2.05) is 24.4 Å². The highest BCUT2D eigenvalue weighted by Gasteiger charge is 2.23. The van der Waals surface area contributed by atoms with Crippen LogP contribution in [0, 0.1) is 5.92 Å². The van der Waals surface area contributed by atoms with E-state index >= 15 is 0 Å². The maximum absolute atomic E-state index is 6.11. The first-order valence-electron chi connectivity index (χ1n) is 11.4. The Bertz CT molecular complexity index is 1240. The Balaban J connectivity index is 1.48. The van der Waals surface area contributed by atoms with Crippen LogP contribution in [0.3, 0.4) is 0 Å². The number of pyridine rings is 1. The zero-order valence-electron chi connectivity index (χ0n) is 18.7. The first-order valence-corrected chi connectivity index (χ1v) is 11.4. The molecule has 0 atom stereocenters. The minimum absolute atomic E-state index is 0.530. The van der Waals surface area contributed by atoms with Crippen molar-refractivity contribution in [1.29, 1.82) is 0 Å². The van der Waals surface area contributed by atoms with Crippen LogP contribution in [-0.2, 0) is 6.54 Å². The molecular weight excluding hydrogens is 396 g/mol. The van der Waals surface area contributed by atoms with E-state index in [-0.39, 0.29) is 0 Å². The molecule has 0 amide bonds. The molecule has 0 saturated carbocycles. The van der Waals surface area contributed by atoms with Gasteiger partial charge in [0.05, 0.1) is 5.52 Å². The molecule has 32 heavy (non-hydrogen) atoms. The van der Waals surface area contributed by atoms with E-state index in [0.29, 0.717) is 11.8 Å². The largest absolute Gasteiger partial charge is 0.417 e. The molecule has 2 aromatic heterocycles. The average Bonchev–Trinajstić information content (AvgIpc) is 3.27. The molecule has 0 radical (unpaired) electrons. The second kappa shape index (κ2) is 9.05. The number of aromatic nitrogens is 3. The van der Waals surface area contributed by atoms with E-state index in [0.717, 1.165) is 54.9 Å². The molecule has 1 aliphatic heterocycles. The highest BCUT2D eigenvalue weighted by molar-refractivity contribution is 5.94. The normalized spacial score (nSPS) is 15.2. The molecule has 0 unspecified atom stereocenters. The number of allylic oxidation sites excluding steroid dienone is 1. The van der Waals surface area contributed by atoms with E-state index in [4.69, 9.17) is 4.42 Å². The fraction of sp³-hybridized carbons (Fsp3) is 0.296. The van der Waals surface area contributed by atoms with Crippen LogP contribution in [0.15, 0.2) is 65.2 Å². The number of benzene rings is 2. The van der Waals surface area contributed by atoms with Crippen LogP contribution in [-0.4, -0.2) is 33.2 Å². The van der Waals surface area contributed by atoms with Gasteiger partial charge in [-0.05, 0) is 41.2 Å². The third-order valence-corrected chi connectivity index (χ3v) is 6.02. The lowest BCUT2D eigenvalue weighted by Crippen LogP contribution is -2.44. The third kappa shape index (κ3) is 4.21. The Morgan fingerprint density at radius 1 is 1.06 bits per heavy atom. The summed E-state index contributed by atoms with van der Waals surface area (Å²) in [5, 5.41) is 9.75. The van der Waals surface area contributed by atoms with E-state index in [9.17, 15) is 0 Å². The molecule has 1 fully saturated rings. The van der Waals surface area contributed by atoms with Gasteiger partial charge in [-0.1, -0.05) is 62.7 Å². The van der Waals surface area contributed by atoms with E-state index in [1.54, 1.807) is 0 Å². The van der Waals surface area contributed by atoms with Crippen molar-refractivity contribution in [3.05, 3.63) is 77.8 Å². The summed E-state index contributed by atoms with van der Waals surface area (Å²) in [6.07, 6.45) is 5.87. The van der Waals surface area contributed by atoms with Crippen LogP contribution in [0.4, 0.5) is 0 Å². The molecule has 162 valence electrons. The summed E-state index contributed by atoms with van der Waals surface area (Å²) >= 11 is 0. The summed E-state index contributed by atoms with van der Waals surface area (Å²) in [6, 6.07) is 18.7. The molecule has 3 heterocycles. The van der Waals surface area contributed by atoms with Crippen LogP contribution in [0.5, 0.6) is 0 Å². The van der Waals surface area contributed by atoms with Crippen LogP contribution in [0.1, 0.15) is 43.7 Å². The zero-order valence-corrected chi connectivity index (χ0v) is 18.7. The van der Waals surface area contributed by atoms with E-state index in [2.05, 4.69) is 76.4 Å². The van der Waals surface area contributed by atoms with Crippen molar-refractivity contribution in [1.82, 2.24) is 20.1 Å². The summed E-state index contributed by atoms with van der Waals surface area (Å²) in [4.78, 5) is 7.15. The predicted octanol–water partition coefficient (Wildman–Crippen LogP) is 6.08. The Labute approximate surface area is 188 Å². The van der Waals surface area contributed by atoms with E-state index < -0.39 is 0 Å². The minimum Gasteiger partial charge on any atom is -0.417 e. The van der Waals surface area contributed by atoms with Crippen LogP contribution < -0.4 is 0 Å². The second-order valence-electron chi connectivity index (χ2n) is 8.70. The van der Waals surface area contributed by atoms with Gasteiger partial charge in [0.25, 0.3) is 0 Å². The Kier molecular flexibility index (Phi) is 5.82. The maximum Gasteiger partial charge on any atom is 0.248 e. The van der Waals surface area contributed by atoms with Crippen molar-refractivity contribution >= 4 is 22.6 Å². The van der Waals surface area contributed by atoms with Gasteiger partial charge >= 0.3 is 0 Å². The average molecular weight is 425 g/mol. The first kappa shape index (κ1) is 20.6. The van der Waals surface area contributed by atoms with Gasteiger partial charge < -0.3 is 4.42 Å². The lowest BCUT2D eigenvalue weighted by Gasteiger charge is -2.37. The quantitative estimate of drug-likeness (QED) is 0.360. The van der Waals surface area contributed by atoms with Gasteiger partial charge in [0, 0.05) is 42.9 Å². The molecule has 5 heteroatoms. The monoisotopic (exact) mass is 424 g/mol. The molecule has 0 N–H and O–H groups in total. The first-order chi connectivity index (χ1) is 15.7. The number of nitrogens with zero attached hydrogens (tertiary/aromatic N) is 4. The SMILES string of the molecule is CCC/C(=C\c1nnc(-c2ccc(CN3CC(C)C3)c3ncccc23)o1)c1ccccc1.